The molecule has 1 saturated heterocycles. The number of halogens is 1. The summed E-state index contributed by atoms with van der Waals surface area (Å²) in [5.74, 6) is -2.76. The van der Waals surface area contributed by atoms with Gasteiger partial charge in [-0.05, 0) is 16.7 Å². The fourth-order valence-electron chi connectivity index (χ4n) is 3.49. The van der Waals surface area contributed by atoms with Gasteiger partial charge in [0, 0.05) is 0 Å². The van der Waals surface area contributed by atoms with Crippen LogP contribution in [0, 0.1) is 0 Å². The third-order valence-electron chi connectivity index (χ3n) is 4.86. The van der Waals surface area contributed by atoms with Gasteiger partial charge in [0.15, 0.2) is 0 Å². The third-order valence-corrected chi connectivity index (χ3v) is 4.86. The van der Waals surface area contributed by atoms with Crippen LogP contribution < -0.4 is 10.6 Å². The minimum atomic E-state index is -2.12. The minimum absolute atomic E-state index is 0.0555. The first-order chi connectivity index (χ1) is 12.7. The van der Waals surface area contributed by atoms with E-state index in [1.165, 1.54) is 0 Å². The smallest absolute Gasteiger partial charge is 0.275 e. The average Bonchev–Trinajstić information content (AvgIpc) is 2.72. The standard InChI is InChI=1S/C22H19FN2O/c23-21(16-24-20(21)26)25-22(17-10-4-1-5-11-17,18-12-6-2-7-13-18)19-14-8-3-9-15-19/h1-15,25H,16H2,(H,24,26). The highest BCUT2D eigenvalue weighted by Gasteiger charge is 2.53. The number of alkyl halides is 1. The van der Waals surface area contributed by atoms with Crippen LogP contribution in [0.2, 0.25) is 0 Å². The molecule has 1 amide bonds. The Labute approximate surface area is 151 Å². The first kappa shape index (κ1) is 16.5. The van der Waals surface area contributed by atoms with Crippen molar-refractivity contribution in [3.63, 3.8) is 0 Å². The Morgan fingerprint density at radius 3 is 1.42 bits per heavy atom. The molecule has 0 radical (unpaired) electrons. The maximum atomic E-state index is 15.3. The number of rotatable bonds is 5. The largest absolute Gasteiger partial charge is 0.347 e. The summed E-state index contributed by atoms with van der Waals surface area (Å²) in [7, 11) is 0. The fourth-order valence-corrected chi connectivity index (χ4v) is 3.49. The van der Waals surface area contributed by atoms with Crippen molar-refractivity contribution in [3.8, 4) is 0 Å². The molecular formula is C22H19FN2O. The molecular weight excluding hydrogens is 327 g/mol. The number of benzene rings is 3. The second-order valence-corrected chi connectivity index (χ2v) is 6.46. The molecule has 26 heavy (non-hydrogen) atoms. The monoisotopic (exact) mass is 346 g/mol. The number of β-lactam (4-membered cyclic amide) rings is 1. The van der Waals surface area contributed by atoms with E-state index in [1.54, 1.807) is 0 Å². The molecule has 0 aromatic heterocycles. The highest BCUT2D eigenvalue weighted by atomic mass is 19.1. The number of amides is 1. The van der Waals surface area contributed by atoms with Crippen molar-refractivity contribution in [3.05, 3.63) is 108 Å². The topological polar surface area (TPSA) is 41.1 Å². The number of carbonyl (C=O) groups excluding carboxylic acids is 1. The van der Waals surface area contributed by atoms with Crippen molar-refractivity contribution in [2.75, 3.05) is 6.54 Å². The van der Waals surface area contributed by atoms with Gasteiger partial charge in [-0.15, -0.1) is 0 Å². The molecule has 1 aliphatic heterocycles. The average molecular weight is 346 g/mol. The molecule has 1 heterocycles. The van der Waals surface area contributed by atoms with Gasteiger partial charge in [-0.1, -0.05) is 91.0 Å². The molecule has 1 aliphatic rings. The lowest BCUT2D eigenvalue weighted by molar-refractivity contribution is -0.147. The van der Waals surface area contributed by atoms with Crippen LogP contribution in [0.5, 0.6) is 0 Å². The Morgan fingerprint density at radius 1 is 0.769 bits per heavy atom. The van der Waals surface area contributed by atoms with Gasteiger partial charge in [0.25, 0.3) is 11.7 Å². The van der Waals surface area contributed by atoms with Crippen molar-refractivity contribution in [1.82, 2.24) is 10.6 Å². The number of nitrogens with one attached hydrogen (secondary N) is 2. The van der Waals surface area contributed by atoms with E-state index in [1.807, 2.05) is 91.0 Å². The molecule has 3 aromatic carbocycles. The van der Waals surface area contributed by atoms with Gasteiger partial charge in [0.2, 0.25) is 0 Å². The Morgan fingerprint density at radius 2 is 1.15 bits per heavy atom. The maximum absolute atomic E-state index is 15.3. The van der Waals surface area contributed by atoms with Crippen LogP contribution in [0.15, 0.2) is 91.0 Å². The Kier molecular flexibility index (Phi) is 4.05. The van der Waals surface area contributed by atoms with Crippen molar-refractivity contribution in [2.24, 2.45) is 0 Å². The zero-order valence-electron chi connectivity index (χ0n) is 14.2. The molecule has 1 unspecified atom stereocenters. The predicted molar refractivity (Wildman–Crippen MR) is 99.2 cm³/mol. The van der Waals surface area contributed by atoms with Crippen molar-refractivity contribution < 1.29 is 9.18 Å². The van der Waals surface area contributed by atoms with Gasteiger partial charge in [0.05, 0.1) is 12.1 Å². The van der Waals surface area contributed by atoms with Gasteiger partial charge in [-0.2, -0.15) is 0 Å². The van der Waals surface area contributed by atoms with Gasteiger partial charge < -0.3 is 5.32 Å². The molecule has 130 valence electrons. The van der Waals surface area contributed by atoms with E-state index >= 15 is 4.39 Å². The normalized spacial score (nSPS) is 19.5. The molecule has 0 aliphatic carbocycles. The molecule has 0 saturated carbocycles. The van der Waals surface area contributed by atoms with Crippen molar-refractivity contribution in [1.29, 1.82) is 0 Å². The van der Waals surface area contributed by atoms with Gasteiger partial charge in [-0.3, -0.25) is 10.1 Å². The lowest BCUT2D eigenvalue weighted by Gasteiger charge is -2.45. The predicted octanol–water partition coefficient (Wildman–Crippen LogP) is 3.36. The SMILES string of the molecule is O=C1NCC1(F)NC(c1ccccc1)(c1ccccc1)c1ccccc1. The highest BCUT2D eigenvalue weighted by molar-refractivity contribution is 5.91. The number of carbonyl (C=O) groups is 1. The molecule has 0 spiro atoms. The summed E-state index contributed by atoms with van der Waals surface area (Å²) >= 11 is 0. The summed E-state index contributed by atoms with van der Waals surface area (Å²) in [6, 6.07) is 29.0. The van der Waals surface area contributed by atoms with E-state index in [0.29, 0.717) is 0 Å². The molecule has 3 aromatic rings. The minimum Gasteiger partial charge on any atom is -0.347 e. The van der Waals surface area contributed by atoms with E-state index in [-0.39, 0.29) is 6.54 Å². The molecule has 1 atom stereocenters. The van der Waals surface area contributed by atoms with Crippen LogP contribution in [0.3, 0.4) is 0 Å². The summed E-state index contributed by atoms with van der Waals surface area (Å²) in [5, 5.41) is 5.56. The Bertz CT molecular complexity index is 803. The van der Waals surface area contributed by atoms with E-state index < -0.39 is 17.2 Å². The lowest BCUT2D eigenvalue weighted by Crippen LogP contribution is -2.73. The second-order valence-electron chi connectivity index (χ2n) is 6.46. The highest BCUT2D eigenvalue weighted by Crippen LogP contribution is 2.39. The van der Waals surface area contributed by atoms with Gasteiger partial charge in [0.1, 0.15) is 0 Å². The zero-order valence-corrected chi connectivity index (χ0v) is 14.2. The maximum Gasteiger partial charge on any atom is 0.275 e. The molecule has 4 heteroatoms. The Balaban J connectivity index is 1.99. The van der Waals surface area contributed by atoms with Gasteiger partial charge >= 0.3 is 0 Å². The zero-order chi connectivity index (χ0) is 18.0. The quantitative estimate of drug-likeness (QED) is 0.423. The van der Waals surface area contributed by atoms with Crippen LogP contribution in [0.4, 0.5) is 4.39 Å². The summed E-state index contributed by atoms with van der Waals surface area (Å²) in [6.45, 7) is -0.0555. The Hall–Kier alpha value is -2.98. The van der Waals surface area contributed by atoms with Crippen LogP contribution in [-0.4, -0.2) is 18.2 Å². The molecule has 1 fully saturated rings. The van der Waals surface area contributed by atoms with Crippen LogP contribution in [0.25, 0.3) is 0 Å². The van der Waals surface area contributed by atoms with Crippen LogP contribution >= 0.6 is 0 Å². The molecule has 2 N–H and O–H groups in total. The number of hydrogen-bond donors (Lipinski definition) is 2. The summed E-state index contributed by atoms with van der Waals surface area (Å²) in [6.07, 6.45) is 0. The first-order valence-corrected chi connectivity index (χ1v) is 8.58. The fraction of sp³-hybridized carbons (Fsp3) is 0.136. The van der Waals surface area contributed by atoms with E-state index in [2.05, 4.69) is 10.6 Å². The third kappa shape index (κ3) is 2.59. The first-order valence-electron chi connectivity index (χ1n) is 8.58. The van der Waals surface area contributed by atoms with E-state index in [9.17, 15) is 4.79 Å². The summed E-state index contributed by atoms with van der Waals surface area (Å²) in [4.78, 5) is 12.0. The van der Waals surface area contributed by atoms with Crippen LogP contribution in [0.1, 0.15) is 16.7 Å². The second kappa shape index (κ2) is 6.39. The van der Waals surface area contributed by atoms with E-state index in [0.717, 1.165) is 16.7 Å². The van der Waals surface area contributed by atoms with Crippen LogP contribution in [-0.2, 0) is 10.3 Å². The summed E-state index contributed by atoms with van der Waals surface area (Å²) < 4.78 is 15.3. The van der Waals surface area contributed by atoms with Crippen molar-refractivity contribution >= 4 is 5.91 Å². The molecule has 3 nitrogen and oxygen atoms in total. The van der Waals surface area contributed by atoms with Crippen molar-refractivity contribution in [2.45, 2.75) is 11.3 Å². The molecule has 4 rings (SSSR count). The summed E-state index contributed by atoms with van der Waals surface area (Å²) in [5.41, 5.74) is 1.62. The molecule has 0 bridgehead atoms. The van der Waals surface area contributed by atoms with Gasteiger partial charge in [-0.25, -0.2) is 4.39 Å². The van der Waals surface area contributed by atoms with E-state index in [4.69, 9.17) is 0 Å². The lowest BCUT2D eigenvalue weighted by atomic mass is 9.76. The number of hydrogen-bond acceptors (Lipinski definition) is 2.